The van der Waals surface area contributed by atoms with Gasteiger partial charge in [-0.2, -0.15) is 0 Å². The van der Waals surface area contributed by atoms with Crippen molar-refractivity contribution in [3.05, 3.63) is 59.1 Å². The molecule has 0 aliphatic carbocycles. The summed E-state index contributed by atoms with van der Waals surface area (Å²) in [6, 6.07) is 15.5. The molecular formula is C17H16N2O2S. The molecule has 4 nitrogen and oxygen atoms in total. The number of nitrogens with one attached hydrogen (secondary N) is 1. The molecule has 0 radical (unpaired) electrons. The molecule has 2 aromatic carbocycles. The maximum Gasteiger partial charge on any atom is 0.224 e. The lowest BCUT2D eigenvalue weighted by Crippen LogP contribution is -2.24. The van der Waals surface area contributed by atoms with Crippen molar-refractivity contribution >= 4 is 27.5 Å². The van der Waals surface area contributed by atoms with E-state index in [0.29, 0.717) is 13.0 Å². The van der Waals surface area contributed by atoms with Crippen LogP contribution in [0.2, 0.25) is 0 Å². The van der Waals surface area contributed by atoms with Gasteiger partial charge in [0.15, 0.2) is 0 Å². The number of nitrogens with zero attached hydrogens (tertiary/aromatic N) is 1. The summed E-state index contributed by atoms with van der Waals surface area (Å²) in [5, 5.41) is 3.83. The van der Waals surface area contributed by atoms with E-state index in [-0.39, 0.29) is 5.91 Å². The van der Waals surface area contributed by atoms with Gasteiger partial charge in [-0.3, -0.25) is 4.79 Å². The van der Waals surface area contributed by atoms with Crippen molar-refractivity contribution in [1.29, 1.82) is 0 Å². The first-order valence-corrected chi connectivity index (χ1v) is 7.80. The summed E-state index contributed by atoms with van der Waals surface area (Å²) in [4.78, 5) is 16.5. The SMILES string of the molecule is COc1cccc(CC(=O)NCc2nc3ccccc3s2)c1. The zero-order chi connectivity index (χ0) is 15.4. The number of para-hydroxylation sites is 1. The van der Waals surface area contributed by atoms with Crippen LogP contribution in [0.15, 0.2) is 48.5 Å². The van der Waals surface area contributed by atoms with Crippen LogP contribution in [0.1, 0.15) is 10.6 Å². The fourth-order valence-electron chi connectivity index (χ4n) is 2.20. The fourth-order valence-corrected chi connectivity index (χ4v) is 3.11. The highest BCUT2D eigenvalue weighted by Crippen LogP contribution is 2.21. The van der Waals surface area contributed by atoms with Crippen molar-refractivity contribution in [2.24, 2.45) is 0 Å². The molecule has 0 unspecified atom stereocenters. The number of carbonyl (C=O) groups excluding carboxylic acids is 1. The molecule has 0 aliphatic heterocycles. The Morgan fingerprint density at radius 3 is 2.91 bits per heavy atom. The summed E-state index contributed by atoms with van der Waals surface area (Å²) in [7, 11) is 1.62. The van der Waals surface area contributed by atoms with Crippen molar-refractivity contribution < 1.29 is 9.53 Å². The van der Waals surface area contributed by atoms with Gasteiger partial charge in [0.05, 0.1) is 30.3 Å². The summed E-state index contributed by atoms with van der Waals surface area (Å²) in [5.74, 6) is 0.740. The normalized spacial score (nSPS) is 10.6. The molecule has 1 amide bonds. The molecule has 5 heteroatoms. The second-order valence-electron chi connectivity index (χ2n) is 4.88. The quantitative estimate of drug-likeness (QED) is 0.787. The number of benzene rings is 2. The Hall–Kier alpha value is -2.40. The van der Waals surface area contributed by atoms with Crippen LogP contribution >= 0.6 is 11.3 Å². The molecule has 22 heavy (non-hydrogen) atoms. The third-order valence-electron chi connectivity index (χ3n) is 3.27. The summed E-state index contributed by atoms with van der Waals surface area (Å²) < 4.78 is 6.30. The summed E-state index contributed by atoms with van der Waals surface area (Å²) in [6.45, 7) is 0.460. The van der Waals surface area contributed by atoms with Gasteiger partial charge in [0.25, 0.3) is 0 Å². The molecule has 1 aromatic heterocycles. The Balaban J connectivity index is 1.59. The van der Waals surface area contributed by atoms with Gasteiger partial charge >= 0.3 is 0 Å². The molecule has 0 aliphatic rings. The standard InChI is InChI=1S/C17H16N2O2S/c1-21-13-6-4-5-12(9-13)10-16(20)18-11-17-19-14-7-2-3-8-15(14)22-17/h2-9H,10-11H2,1H3,(H,18,20). The van der Waals surface area contributed by atoms with E-state index in [4.69, 9.17) is 4.74 Å². The first-order valence-electron chi connectivity index (χ1n) is 6.98. The van der Waals surface area contributed by atoms with Crippen molar-refractivity contribution in [2.45, 2.75) is 13.0 Å². The van der Waals surface area contributed by atoms with E-state index in [1.807, 2.05) is 48.5 Å². The highest BCUT2D eigenvalue weighted by atomic mass is 32.1. The number of ether oxygens (including phenoxy) is 1. The number of rotatable bonds is 5. The number of thiazole rings is 1. The largest absolute Gasteiger partial charge is 0.497 e. The van der Waals surface area contributed by atoms with E-state index in [1.165, 1.54) is 0 Å². The predicted octanol–water partition coefficient (Wildman–Crippen LogP) is 3.16. The predicted molar refractivity (Wildman–Crippen MR) is 88.2 cm³/mol. The number of hydrogen-bond donors (Lipinski definition) is 1. The van der Waals surface area contributed by atoms with Crippen molar-refractivity contribution in [3.63, 3.8) is 0 Å². The summed E-state index contributed by atoms with van der Waals surface area (Å²) in [6.07, 6.45) is 0.335. The molecule has 3 rings (SSSR count). The van der Waals surface area contributed by atoms with Crippen LogP contribution in [0.5, 0.6) is 5.75 Å². The molecule has 0 bridgehead atoms. The van der Waals surface area contributed by atoms with E-state index in [0.717, 1.165) is 26.5 Å². The minimum absolute atomic E-state index is 0.0208. The van der Waals surface area contributed by atoms with E-state index in [9.17, 15) is 4.79 Å². The number of amides is 1. The van der Waals surface area contributed by atoms with Gasteiger partial charge in [0.2, 0.25) is 5.91 Å². The molecule has 1 N–H and O–H groups in total. The van der Waals surface area contributed by atoms with Crippen LogP contribution in [0.4, 0.5) is 0 Å². The molecule has 0 atom stereocenters. The Kier molecular flexibility index (Phi) is 4.34. The van der Waals surface area contributed by atoms with Crippen LogP contribution in [-0.2, 0) is 17.8 Å². The molecule has 0 fully saturated rings. The molecule has 1 heterocycles. The Morgan fingerprint density at radius 1 is 1.23 bits per heavy atom. The maximum absolute atomic E-state index is 12.0. The number of fused-ring (bicyclic) bond motifs is 1. The highest BCUT2D eigenvalue weighted by Gasteiger charge is 2.07. The lowest BCUT2D eigenvalue weighted by Gasteiger charge is -2.05. The monoisotopic (exact) mass is 312 g/mol. The minimum Gasteiger partial charge on any atom is -0.497 e. The van der Waals surface area contributed by atoms with Gasteiger partial charge in [-0.05, 0) is 29.8 Å². The van der Waals surface area contributed by atoms with Crippen molar-refractivity contribution in [2.75, 3.05) is 7.11 Å². The zero-order valence-corrected chi connectivity index (χ0v) is 13.0. The zero-order valence-electron chi connectivity index (χ0n) is 12.2. The van der Waals surface area contributed by atoms with Crippen molar-refractivity contribution in [1.82, 2.24) is 10.3 Å². The second-order valence-corrected chi connectivity index (χ2v) is 6.00. The Labute approximate surface area is 132 Å². The summed E-state index contributed by atoms with van der Waals surface area (Å²) >= 11 is 1.61. The van der Waals surface area contributed by atoms with Gasteiger partial charge in [-0.25, -0.2) is 4.98 Å². The number of aromatic nitrogens is 1. The Bertz CT molecular complexity index is 765. The number of carbonyl (C=O) groups is 1. The molecular weight excluding hydrogens is 296 g/mol. The van der Waals surface area contributed by atoms with Gasteiger partial charge in [-0.1, -0.05) is 24.3 Å². The second kappa shape index (κ2) is 6.58. The average molecular weight is 312 g/mol. The first-order chi connectivity index (χ1) is 10.7. The van der Waals surface area contributed by atoms with Crippen LogP contribution < -0.4 is 10.1 Å². The van der Waals surface area contributed by atoms with Crippen LogP contribution in [0.3, 0.4) is 0 Å². The third-order valence-corrected chi connectivity index (χ3v) is 4.31. The molecule has 0 spiro atoms. The van der Waals surface area contributed by atoms with E-state index in [2.05, 4.69) is 10.3 Å². The minimum atomic E-state index is -0.0208. The van der Waals surface area contributed by atoms with E-state index >= 15 is 0 Å². The van der Waals surface area contributed by atoms with Crippen LogP contribution in [0.25, 0.3) is 10.2 Å². The smallest absolute Gasteiger partial charge is 0.224 e. The fraction of sp³-hybridized carbons (Fsp3) is 0.176. The summed E-state index contributed by atoms with van der Waals surface area (Å²) in [5.41, 5.74) is 1.91. The lowest BCUT2D eigenvalue weighted by atomic mass is 10.1. The van der Waals surface area contributed by atoms with Crippen LogP contribution in [0, 0.1) is 0 Å². The van der Waals surface area contributed by atoms with Gasteiger partial charge in [0, 0.05) is 0 Å². The molecule has 0 saturated carbocycles. The molecule has 0 saturated heterocycles. The third kappa shape index (κ3) is 3.43. The lowest BCUT2D eigenvalue weighted by molar-refractivity contribution is -0.120. The first kappa shape index (κ1) is 14.5. The van der Waals surface area contributed by atoms with Gasteiger partial charge in [-0.15, -0.1) is 11.3 Å². The number of hydrogen-bond acceptors (Lipinski definition) is 4. The average Bonchev–Trinajstić information content (AvgIpc) is 2.96. The topological polar surface area (TPSA) is 51.2 Å². The van der Waals surface area contributed by atoms with Crippen molar-refractivity contribution in [3.8, 4) is 5.75 Å². The Morgan fingerprint density at radius 2 is 2.09 bits per heavy atom. The number of methoxy groups -OCH3 is 1. The molecule has 3 aromatic rings. The van der Waals surface area contributed by atoms with Gasteiger partial charge < -0.3 is 10.1 Å². The highest BCUT2D eigenvalue weighted by molar-refractivity contribution is 7.18. The van der Waals surface area contributed by atoms with E-state index < -0.39 is 0 Å². The van der Waals surface area contributed by atoms with Crippen LogP contribution in [-0.4, -0.2) is 18.0 Å². The molecule has 112 valence electrons. The van der Waals surface area contributed by atoms with Gasteiger partial charge in [0.1, 0.15) is 10.8 Å². The maximum atomic E-state index is 12.0. The van der Waals surface area contributed by atoms with E-state index in [1.54, 1.807) is 18.4 Å².